The van der Waals surface area contributed by atoms with E-state index >= 15 is 0 Å². The van der Waals surface area contributed by atoms with Gasteiger partial charge in [-0.1, -0.05) is 56.0 Å². The third-order valence-corrected chi connectivity index (χ3v) is 3.85. The molecule has 0 aliphatic rings. The zero-order valence-corrected chi connectivity index (χ0v) is 13.1. The fourth-order valence-corrected chi connectivity index (χ4v) is 2.48. The van der Waals surface area contributed by atoms with Crippen LogP contribution in [0.25, 0.3) is 0 Å². The van der Waals surface area contributed by atoms with Gasteiger partial charge in [0, 0.05) is 12.3 Å². The summed E-state index contributed by atoms with van der Waals surface area (Å²) in [5.41, 5.74) is 3.67. The normalized spacial score (nSPS) is 10.8. The third kappa shape index (κ3) is 4.89. The van der Waals surface area contributed by atoms with Crippen LogP contribution < -0.4 is 5.56 Å². The minimum Gasteiger partial charge on any atom is -0.311 e. The summed E-state index contributed by atoms with van der Waals surface area (Å²) in [4.78, 5) is 12.2. The molecule has 2 aromatic rings. The minimum absolute atomic E-state index is 0.101. The molecule has 2 rings (SSSR count). The highest BCUT2D eigenvalue weighted by molar-refractivity contribution is 5.22. The number of aromatic nitrogens is 1. The molecular formula is C19H25NO. The van der Waals surface area contributed by atoms with Gasteiger partial charge in [0.25, 0.3) is 5.56 Å². The van der Waals surface area contributed by atoms with Crippen molar-refractivity contribution in [1.82, 2.24) is 4.57 Å². The molecule has 0 amide bonds. The quantitative estimate of drug-likeness (QED) is 0.693. The fraction of sp³-hybridized carbons (Fsp3) is 0.421. The van der Waals surface area contributed by atoms with Crippen molar-refractivity contribution in [2.45, 2.75) is 52.5 Å². The zero-order valence-electron chi connectivity index (χ0n) is 13.1. The van der Waals surface area contributed by atoms with Gasteiger partial charge in [-0.05, 0) is 37.0 Å². The molecule has 1 heterocycles. The molecule has 0 N–H and O–H groups in total. The maximum Gasteiger partial charge on any atom is 0.251 e. The monoisotopic (exact) mass is 283 g/mol. The number of aryl methyl sites for hydroxylation is 2. The van der Waals surface area contributed by atoms with Gasteiger partial charge in [0.2, 0.25) is 0 Å². The van der Waals surface area contributed by atoms with Crippen molar-refractivity contribution in [3.8, 4) is 0 Å². The van der Waals surface area contributed by atoms with Crippen molar-refractivity contribution in [1.29, 1.82) is 0 Å². The largest absolute Gasteiger partial charge is 0.311 e. The molecular weight excluding hydrogens is 258 g/mol. The molecule has 2 heteroatoms. The smallest absolute Gasteiger partial charge is 0.251 e. The summed E-state index contributed by atoms with van der Waals surface area (Å²) in [5.74, 6) is 0. The van der Waals surface area contributed by atoms with Crippen LogP contribution in [-0.4, -0.2) is 4.57 Å². The van der Waals surface area contributed by atoms with Gasteiger partial charge in [0.15, 0.2) is 0 Å². The molecule has 0 fully saturated rings. The third-order valence-electron chi connectivity index (χ3n) is 3.85. The standard InChI is InChI=1S/C19H25NO/c1-3-4-5-6-7-17-12-13-20(19(21)14-17)15-18-10-8-16(2)9-11-18/h8-14H,3-7,15H2,1-2H3. The van der Waals surface area contributed by atoms with Gasteiger partial charge in [0.1, 0.15) is 0 Å². The van der Waals surface area contributed by atoms with Crippen molar-refractivity contribution >= 4 is 0 Å². The lowest BCUT2D eigenvalue weighted by molar-refractivity contribution is 0.663. The maximum absolute atomic E-state index is 12.2. The van der Waals surface area contributed by atoms with Crippen LogP contribution in [0.4, 0.5) is 0 Å². The fourth-order valence-electron chi connectivity index (χ4n) is 2.48. The molecule has 0 aliphatic carbocycles. The van der Waals surface area contributed by atoms with Crippen LogP contribution in [0.3, 0.4) is 0 Å². The second-order valence-corrected chi connectivity index (χ2v) is 5.80. The van der Waals surface area contributed by atoms with Gasteiger partial charge in [-0.25, -0.2) is 0 Å². The molecule has 0 aliphatic heterocycles. The molecule has 0 radical (unpaired) electrons. The van der Waals surface area contributed by atoms with E-state index in [4.69, 9.17) is 0 Å². The highest BCUT2D eigenvalue weighted by atomic mass is 16.1. The Kier molecular flexibility index (Phi) is 5.79. The Bertz CT molecular complexity index is 610. The predicted octanol–water partition coefficient (Wildman–Crippen LogP) is 4.33. The molecule has 0 bridgehead atoms. The molecule has 1 aromatic heterocycles. The summed E-state index contributed by atoms with van der Waals surface area (Å²) in [6.07, 6.45) is 7.90. The van der Waals surface area contributed by atoms with E-state index in [1.54, 1.807) is 10.6 Å². The van der Waals surface area contributed by atoms with E-state index < -0.39 is 0 Å². The Labute approximate surface area is 127 Å². The lowest BCUT2D eigenvalue weighted by Gasteiger charge is -2.08. The van der Waals surface area contributed by atoms with Gasteiger partial charge < -0.3 is 4.57 Å². The highest BCUT2D eigenvalue weighted by Crippen LogP contribution is 2.07. The van der Waals surface area contributed by atoms with Crippen LogP contribution in [0.1, 0.15) is 49.3 Å². The first kappa shape index (κ1) is 15.6. The highest BCUT2D eigenvalue weighted by Gasteiger charge is 2.00. The molecule has 0 saturated heterocycles. The minimum atomic E-state index is 0.101. The van der Waals surface area contributed by atoms with Crippen molar-refractivity contribution in [3.05, 3.63) is 69.6 Å². The molecule has 1 aromatic carbocycles. The zero-order chi connectivity index (χ0) is 15.1. The van der Waals surface area contributed by atoms with Crippen LogP contribution >= 0.6 is 0 Å². The molecule has 0 unspecified atom stereocenters. The number of hydrogen-bond acceptors (Lipinski definition) is 1. The van der Waals surface area contributed by atoms with E-state index in [1.165, 1.54) is 36.8 Å². The molecule has 2 nitrogen and oxygen atoms in total. The molecule has 112 valence electrons. The average Bonchev–Trinajstić information content (AvgIpc) is 2.48. The van der Waals surface area contributed by atoms with Crippen molar-refractivity contribution in [3.63, 3.8) is 0 Å². The molecule has 0 saturated carbocycles. The molecule has 0 spiro atoms. The van der Waals surface area contributed by atoms with E-state index in [1.807, 2.05) is 6.20 Å². The van der Waals surface area contributed by atoms with Gasteiger partial charge in [-0.3, -0.25) is 4.79 Å². The van der Waals surface area contributed by atoms with Crippen molar-refractivity contribution < 1.29 is 0 Å². The second-order valence-electron chi connectivity index (χ2n) is 5.80. The summed E-state index contributed by atoms with van der Waals surface area (Å²) in [5, 5.41) is 0. The summed E-state index contributed by atoms with van der Waals surface area (Å²) in [6, 6.07) is 12.2. The number of pyridine rings is 1. The summed E-state index contributed by atoms with van der Waals surface area (Å²) < 4.78 is 1.78. The summed E-state index contributed by atoms with van der Waals surface area (Å²) in [6.45, 7) is 4.94. The van der Waals surface area contributed by atoms with Gasteiger partial charge in [-0.2, -0.15) is 0 Å². The summed E-state index contributed by atoms with van der Waals surface area (Å²) in [7, 11) is 0. The summed E-state index contributed by atoms with van der Waals surface area (Å²) >= 11 is 0. The first-order chi connectivity index (χ1) is 10.2. The lowest BCUT2D eigenvalue weighted by atomic mass is 10.1. The van der Waals surface area contributed by atoms with E-state index in [2.05, 4.69) is 44.2 Å². The first-order valence-electron chi connectivity index (χ1n) is 7.94. The van der Waals surface area contributed by atoms with E-state index in [0.717, 1.165) is 12.0 Å². The van der Waals surface area contributed by atoms with Crippen LogP contribution in [0.15, 0.2) is 47.4 Å². The van der Waals surface area contributed by atoms with Gasteiger partial charge in [-0.15, -0.1) is 0 Å². The Morgan fingerprint density at radius 2 is 1.71 bits per heavy atom. The van der Waals surface area contributed by atoms with Gasteiger partial charge in [0.05, 0.1) is 6.54 Å². The first-order valence-corrected chi connectivity index (χ1v) is 7.94. The Hall–Kier alpha value is -1.83. The van der Waals surface area contributed by atoms with Crippen LogP contribution in [-0.2, 0) is 13.0 Å². The Morgan fingerprint density at radius 3 is 2.38 bits per heavy atom. The van der Waals surface area contributed by atoms with E-state index in [9.17, 15) is 4.79 Å². The number of benzene rings is 1. The Morgan fingerprint density at radius 1 is 0.952 bits per heavy atom. The van der Waals surface area contributed by atoms with Crippen molar-refractivity contribution in [2.75, 3.05) is 0 Å². The van der Waals surface area contributed by atoms with Crippen molar-refractivity contribution in [2.24, 2.45) is 0 Å². The maximum atomic E-state index is 12.2. The molecule has 21 heavy (non-hydrogen) atoms. The number of unbranched alkanes of at least 4 members (excludes halogenated alkanes) is 3. The van der Waals surface area contributed by atoms with Crippen LogP contribution in [0.2, 0.25) is 0 Å². The van der Waals surface area contributed by atoms with Gasteiger partial charge >= 0.3 is 0 Å². The van der Waals surface area contributed by atoms with Crippen LogP contribution in [0, 0.1) is 6.92 Å². The SMILES string of the molecule is CCCCCCc1ccn(Cc2ccc(C)cc2)c(=O)c1. The Balaban J connectivity index is 1.98. The number of nitrogens with zero attached hydrogens (tertiary/aromatic N) is 1. The number of rotatable bonds is 7. The second kappa shape index (κ2) is 7.82. The topological polar surface area (TPSA) is 22.0 Å². The van der Waals surface area contributed by atoms with Crippen LogP contribution in [0.5, 0.6) is 0 Å². The number of hydrogen-bond donors (Lipinski definition) is 0. The van der Waals surface area contributed by atoms with E-state index in [-0.39, 0.29) is 5.56 Å². The van der Waals surface area contributed by atoms with E-state index in [0.29, 0.717) is 6.54 Å². The lowest BCUT2D eigenvalue weighted by Crippen LogP contribution is -2.19. The molecule has 0 atom stereocenters. The average molecular weight is 283 g/mol. The predicted molar refractivity (Wildman–Crippen MR) is 88.8 cm³/mol.